The van der Waals surface area contributed by atoms with Gasteiger partial charge in [-0.25, -0.2) is 18.6 Å². The quantitative estimate of drug-likeness (QED) is 0.477. The maximum Gasteiger partial charge on any atom is 0.408 e. The van der Waals surface area contributed by atoms with Gasteiger partial charge in [-0.05, 0) is 55.8 Å². The number of aromatic nitrogens is 6. The molecule has 5 rings (SSSR count). The third-order valence-electron chi connectivity index (χ3n) is 7.25. The molecule has 2 aromatic heterocycles. The summed E-state index contributed by atoms with van der Waals surface area (Å²) in [7, 11) is 1.68. The van der Waals surface area contributed by atoms with Crippen LogP contribution in [0.25, 0.3) is 11.6 Å². The second kappa shape index (κ2) is 9.86. The summed E-state index contributed by atoms with van der Waals surface area (Å²) in [6, 6.07) is 1.95. The topological polar surface area (TPSA) is 114 Å². The zero-order chi connectivity index (χ0) is 28.2. The van der Waals surface area contributed by atoms with E-state index in [-0.39, 0.29) is 36.3 Å². The lowest BCUT2D eigenvalue weighted by Crippen LogP contribution is -2.58. The van der Waals surface area contributed by atoms with Crippen LogP contribution in [0.1, 0.15) is 56.8 Å². The van der Waals surface area contributed by atoms with E-state index in [4.69, 9.17) is 4.74 Å². The molecule has 3 aromatic rings. The molecule has 0 radical (unpaired) electrons. The summed E-state index contributed by atoms with van der Waals surface area (Å²) in [5.74, 6) is -1.28. The van der Waals surface area contributed by atoms with E-state index in [0.29, 0.717) is 23.5 Å². The minimum Gasteiger partial charge on any atom is -0.465 e. The zero-order valence-corrected chi connectivity index (χ0v) is 21.7. The van der Waals surface area contributed by atoms with Gasteiger partial charge in [0.25, 0.3) is 0 Å². The minimum absolute atomic E-state index is 0.0401. The predicted molar refractivity (Wildman–Crippen MR) is 127 cm³/mol. The number of tetrazole rings is 1. The molecule has 15 heteroatoms. The number of ether oxygens (including phenoxy) is 1. The molecule has 0 bridgehead atoms. The highest BCUT2D eigenvalue weighted by atomic mass is 19.3. The number of carboxylic acid groups (broad SMARTS) is 1. The number of hydrogen-bond acceptors (Lipinski definition) is 7. The average molecular weight is 553 g/mol. The van der Waals surface area contributed by atoms with Crippen LogP contribution in [0.2, 0.25) is 0 Å². The van der Waals surface area contributed by atoms with Gasteiger partial charge in [0.05, 0.1) is 24.0 Å². The predicted octanol–water partition coefficient (Wildman–Crippen LogP) is 3.74. The van der Waals surface area contributed by atoms with E-state index in [0.717, 1.165) is 23.9 Å². The third kappa shape index (κ3) is 4.84. The van der Waals surface area contributed by atoms with Gasteiger partial charge in [-0.15, -0.1) is 5.10 Å². The Morgan fingerprint density at radius 2 is 1.95 bits per heavy atom. The Morgan fingerprint density at radius 3 is 2.59 bits per heavy atom. The van der Waals surface area contributed by atoms with Crippen LogP contribution < -0.4 is 0 Å². The van der Waals surface area contributed by atoms with Crippen molar-refractivity contribution in [2.45, 2.75) is 70.6 Å². The van der Waals surface area contributed by atoms with E-state index in [1.807, 2.05) is 4.90 Å². The van der Waals surface area contributed by atoms with Crippen LogP contribution in [0, 0.1) is 11.6 Å². The van der Waals surface area contributed by atoms with Crippen LogP contribution in [0.3, 0.4) is 0 Å². The van der Waals surface area contributed by atoms with Gasteiger partial charge in [0.2, 0.25) is 5.82 Å². The molecule has 2 aliphatic rings. The van der Waals surface area contributed by atoms with Crippen LogP contribution in [0.5, 0.6) is 0 Å². The van der Waals surface area contributed by atoms with E-state index in [1.165, 1.54) is 4.90 Å². The standard InChI is InChI=1S/C24H28F4N8O3/c1-24(2,3)35(23(37)38)17-8-13(11-39-19(17)14-7-12(25)5-6-15(14)26)34-9-16-18(10-34)33(4)20(29-16)21-30-31-32-36(21)22(27)28/h5-7,13,17,19,22H,8-11H2,1-4H3,(H,37,38)/t13-,17+,19-/m1/s1. The fourth-order valence-corrected chi connectivity index (χ4v) is 5.53. The van der Waals surface area contributed by atoms with Crippen molar-refractivity contribution >= 4 is 6.09 Å². The number of alkyl halides is 2. The second-order valence-electron chi connectivity index (χ2n) is 10.7. The summed E-state index contributed by atoms with van der Waals surface area (Å²) in [5.41, 5.74) is 0.525. The summed E-state index contributed by atoms with van der Waals surface area (Å²) in [6.07, 6.45) is -1.93. The highest BCUT2D eigenvalue weighted by Crippen LogP contribution is 2.40. The highest BCUT2D eigenvalue weighted by Gasteiger charge is 2.46. The molecular formula is C24H28F4N8O3. The Balaban J connectivity index is 1.42. The Hall–Kier alpha value is -3.59. The number of carbonyl (C=O) groups is 1. The average Bonchev–Trinajstić information content (AvgIpc) is 3.56. The number of benzene rings is 1. The number of hydrogen-bond donors (Lipinski definition) is 1. The molecule has 3 atom stereocenters. The molecule has 1 aromatic carbocycles. The number of imidazole rings is 1. The van der Waals surface area contributed by atoms with E-state index in [1.54, 1.807) is 32.4 Å². The fraction of sp³-hybridized carbons (Fsp3) is 0.542. The Morgan fingerprint density at radius 1 is 1.21 bits per heavy atom. The largest absolute Gasteiger partial charge is 0.465 e. The van der Waals surface area contributed by atoms with Crippen molar-refractivity contribution < 1.29 is 32.2 Å². The van der Waals surface area contributed by atoms with Gasteiger partial charge in [-0.2, -0.15) is 13.5 Å². The van der Waals surface area contributed by atoms with Gasteiger partial charge in [0.1, 0.15) is 17.7 Å². The first kappa shape index (κ1) is 27.0. The van der Waals surface area contributed by atoms with Gasteiger partial charge in [-0.3, -0.25) is 9.80 Å². The first-order valence-corrected chi connectivity index (χ1v) is 12.3. The van der Waals surface area contributed by atoms with Crippen molar-refractivity contribution in [3.63, 3.8) is 0 Å². The van der Waals surface area contributed by atoms with Gasteiger partial charge in [0.15, 0.2) is 5.82 Å². The number of fused-ring (bicyclic) bond motifs is 1. The molecule has 210 valence electrons. The normalized spacial score (nSPS) is 21.9. The lowest BCUT2D eigenvalue weighted by molar-refractivity contribution is -0.103. The molecular weight excluding hydrogens is 524 g/mol. The van der Waals surface area contributed by atoms with Crippen LogP contribution in [-0.4, -0.2) is 75.0 Å². The fourth-order valence-electron chi connectivity index (χ4n) is 5.53. The van der Waals surface area contributed by atoms with E-state index < -0.39 is 42.0 Å². The first-order chi connectivity index (χ1) is 18.4. The molecule has 4 heterocycles. The second-order valence-corrected chi connectivity index (χ2v) is 10.7. The minimum atomic E-state index is -2.93. The maximum atomic E-state index is 14.8. The molecule has 1 saturated heterocycles. The van der Waals surface area contributed by atoms with Crippen molar-refractivity contribution in [3.8, 4) is 11.6 Å². The van der Waals surface area contributed by atoms with E-state index in [2.05, 4.69) is 20.5 Å². The first-order valence-electron chi connectivity index (χ1n) is 12.3. The SMILES string of the molecule is Cn1c(-c2nnnn2C(F)F)nc2c1CN([C@H]1CO[C@H](c3cc(F)ccc3F)[C@@H](N(C(=O)O)C(C)(C)C)C1)C2. The molecule has 1 amide bonds. The zero-order valence-electron chi connectivity index (χ0n) is 21.7. The molecule has 1 fully saturated rings. The van der Waals surface area contributed by atoms with Crippen molar-refractivity contribution in [2.24, 2.45) is 7.05 Å². The van der Waals surface area contributed by atoms with Gasteiger partial charge in [0, 0.05) is 37.3 Å². The lowest BCUT2D eigenvalue weighted by atomic mass is 9.88. The Bertz CT molecular complexity index is 1390. The summed E-state index contributed by atoms with van der Waals surface area (Å²) >= 11 is 0. The van der Waals surface area contributed by atoms with Crippen LogP contribution in [0.4, 0.5) is 22.4 Å². The van der Waals surface area contributed by atoms with Crippen molar-refractivity contribution in [1.29, 1.82) is 0 Å². The summed E-state index contributed by atoms with van der Waals surface area (Å²) in [4.78, 5) is 20.2. The Kier molecular flexibility index (Phi) is 6.83. The molecule has 2 aliphatic heterocycles. The smallest absolute Gasteiger partial charge is 0.408 e. The van der Waals surface area contributed by atoms with Crippen LogP contribution in [-0.2, 0) is 24.9 Å². The van der Waals surface area contributed by atoms with Crippen molar-refractivity contribution in [1.82, 2.24) is 39.6 Å². The van der Waals surface area contributed by atoms with E-state index >= 15 is 0 Å². The van der Waals surface area contributed by atoms with Gasteiger partial charge in [-0.1, -0.05) is 0 Å². The molecule has 0 saturated carbocycles. The van der Waals surface area contributed by atoms with Crippen molar-refractivity contribution in [2.75, 3.05) is 6.61 Å². The van der Waals surface area contributed by atoms with E-state index in [9.17, 15) is 27.5 Å². The third-order valence-corrected chi connectivity index (χ3v) is 7.25. The molecule has 39 heavy (non-hydrogen) atoms. The number of amides is 1. The molecule has 11 nitrogen and oxygen atoms in total. The van der Waals surface area contributed by atoms with Gasteiger partial charge < -0.3 is 14.4 Å². The lowest BCUT2D eigenvalue weighted by Gasteiger charge is -2.48. The monoisotopic (exact) mass is 552 g/mol. The highest BCUT2D eigenvalue weighted by molar-refractivity contribution is 5.66. The molecule has 0 aliphatic carbocycles. The van der Waals surface area contributed by atoms with Crippen LogP contribution >= 0.6 is 0 Å². The van der Waals surface area contributed by atoms with Gasteiger partial charge >= 0.3 is 12.6 Å². The maximum absolute atomic E-state index is 14.8. The van der Waals surface area contributed by atoms with Crippen LogP contribution in [0.15, 0.2) is 18.2 Å². The van der Waals surface area contributed by atoms with Crippen molar-refractivity contribution in [3.05, 3.63) is 46.8 Å². The summed E-state index contributed by atoms with van der Waals surface area (Å²) in [6.45, 7) is 3.14. The number of halogens is 4. The number of rotatable bonds is 5. The Labute approximate surface area is 221 Å². The molecule has 0 spiro atoms. The molecule has 1 N–H and O–H groups in total. The summed E-state index contributed by atoms with van der Waals surface area (Å²) in [5, 5.41) is 20.5. The summed E-state index contributed by atoms with van der Waals surface area (Å²) < 4.78 is 63.6. The number of nitrogens with zero attached hydrogens (tertiary/aromatic N) is 8. The molecule has 0 unspecified atom stereocenters.